The molecule has 36 heavy (non-hydrogen) atoms. The Labute approximate surface area is 207 Å². The Morgan fingerprint density at radius 3 is 2.67 bits per heavy atom. The van der Waals surface area contributed by atoms with E-state index < -0.39 is 48.2 Å². The molecule has 0 bridgehead atoms. The number of carbonyl (C=O) groups excluding carboxylic acids is 4. The van der Waals surface area contributed by atoms with Gasteiger partial charge < -0.3 is 20.3 Å². The van der Waals surface area contributed by atoms with Gasteiger partial charge in [0, 0.05) is 36.5 Å². The van der Waals surface area contributed by atoms with E-state index in [4.69, 9.17) is 4.74 Å². The predicted octanol–water partition coefficient (Wildman–Crippen LogP) is 3.31. The zero-order chi connectivity index (χ0) is 26.2. The lowest BCUT2D eigenvalue weighted by Crippen LogP contribution is -2.47. The van der Waals surface area contributed by atoms with Crippen LogP contribution in [0.4, 0.5) is 18.4 Å². The molecule has 192 valence electrons. The molecule has 3 rings (SSSR count). The summed E-state index contributed by atoms with van der Waals surface area (Å²) in [7, 11) is 1.46. The summed E-state index contributed by atoms with van der Waals surface area (Å²) in [4.78, 5) is 52.4. The van der Waals surface area contributed by atoms with Gasteiger partial charge in [0.05, 0.1) is 12.6 Å². The molecule has 2 heterocycles. The number of allylic oxidation sites excluding steroid dienone is 3. The van der Waals surface area contributed by atoms with Gasteiger partial charge in [-0.3, -0.25) is 9.59 Å². The smallest absolute Gasteiger partial charge is 0.417 e. The van der Waals surface area contributed by atoms with E-state index in [1.807, 2.05) is 0 Å². The summed E-state index contributed by atoms with van der Waals surface area (Å²) in [5, 5.41) is 5.00. The highest BCUT2D eigenvalue weighted by molar-refractivity contribution is 6.01. The second-order valence-electron chi connectivity index (χ2n) is 8.32. The first kappa shape index (κ1) is 26.6. The Balaban J connectivity index is 1.81. The number of nitrogens with one attached hydrogen (secondary N) is 2. The minimum absolute atomic E-state index is 0.0617. The van der Waals surface area contributed by atoms with Gasteiger partial charge in [-0.25, -0.2) is 23.3 Å². The molecular formula is C25H28F2N4O5. The molecule has 2 aliphatic heterocycles. The van der Waals surface area contributed by atoms with Crippen molar-refractivity contribution in [3.63, 3.8) is 0 Å². The first-order valence-corrected chi connectivity index (χ1v) is 11.5. The van der Waals surface area contributed by atoms with Gasteiger partial charge in [-0.15, -0.1) is 0 Å². The lowest BCUT2D eigenvalue weighted by Gasteiger charge is -2.31. The molecule has 1 aromatic rings. The maximum Gasteiger partial charge on any atom is 0.417 e. The van der Waals surface area contributed by atoms with Crippen molar-refractivity contribution >= 4 is 23.9 Å². The number of hydrogen-bond donors (Lipinski definition) is 2. The maximum atomic E-state index is 14.5. The Kier molecular flexibility index (Phi) is 8.93. The van der Waals surface area contributed by atoms with Gasteiger partial charge >= 0.3 is 12.1 Å². The van der Waals surface area contributed by atoms with Crippen LogP contribution in [0.3, 0.4) is 0 Å². The zero-order valence-corrected chi connectivity index (χ0v) is 20.0. The summed E-state index contributed by atoms with van der Waals surface area (Å²) in [6, 6.07) is 1.79. The molecule has 0 aliphatic carbocycles. The third-order valence-electron chi connectivity index (χ3n) is 5.86. The van der Waals surface area contributed by atoms with Crippen molar-refractivity contribution in [3.05, 3.63) is 71.5 Å². The maximum absolute atomic E-state index is 14.5. The first-order chi connectivity index (χ1) is 17.2. The van der Waals surface area contributed by atoms with E-state index in [1.165, 1.54) is 30.2 Å². The number of halogens is 2. The fraction of sp³-hybridized carbons (Fsp3) is 0.360. The van der Waals surface area contributed by atoms with Crippen LogP contribution in [0.2, 0.25) is 0 Å². The molecule has 0 spiro atoms. The van der Waals surface area contributed by atoms with Crippen molar-refractivity contribution in [1.82, 2.24) is 20.4 Å². The van der Waals surface area contributed by atoms with Crippen molar-refractivity contribution in [1.29, 1.82) is 0 Å². The molecular weight excluding hydrogens is 474 g/mol. The Morgan fingerprint density at radius 1 is 1.17 bits per heavy atom. The number of ether oxygens (including phenoxy) is 1. The van der Waals surface area contributed by atoms with Crippen LogP contribution in [0.25, 0.3) is 0 Å². The number of rotatable bonds is 4. The summed E-state index contributed by atoms with van der Waals surface area (Å²) in [6.45, 7) is 1.11. The predicted molar refractivity (Wildman–Crippen MR) is 126 cm³/mol. The van der Waals surface area contributed by atoms with Gasteiger partial charge in [0.25, 0.3) is 5.91 Å². The normalized spacial score (nSPS) is 21.7. The minimum atomic E-state index is -0.990. The number of hydrogen-bond acceptors (Lipinski definition) is 5. The average Bonchev–Trinajstić information content (AvgIpc) is 3.21. The second-order valence-corrected chi connectivity index (χ2v) is 8.32. The lowest BCUT2D eigenvalue weighted by molar-refractivity contribution is -0.139. The van der Waals surface area contributed by atoms with E-state index in [-0.39, 0.29) is 18.2 Å². The van der Waals surface area contributed by atoms with Crippen LogP contribution < -0.4 is 10.6 Å². The largest absolute Gasteiger partial charge is 0.449 e. The molecule has 9 nitrogen and oxygen atoms in total. The highest BCUT2D eigenvalue weighted by Gasteiger charge is 2.38. The summed E-state index contributed by atoms with van der Waals surface area (Å²) >= 11 is 0. The summed E-state index contributed by atoms with van der Waals surface area (Å²) in [5.41, 5.74) is 0.563. The number of urea groups is 1. The average molecular weight is 503 g/mol. The van der Waals surface area contributed by atoms with E-state index >= 15 is 0 Å². The highest BCUT2D eigenvalue weighted by atomic mass is 19.1. The molecule has 2 N–H and O–H groups in total. The standard InChI is InChI=1S/C25H28F2N4O5/c1-16-9-12-21(19-11-10-17(26)14-20(19)27)31(16)23(33)15-30-22(32)8-5-7-18(29-24(34)28-2)6-3-4-13-36-25(30)35/h3,5-8,10-11,14,16,21H,4,9,12-13,15H2,1-2H3,(H2,28,29,34)/b6-3?,8-5+,18-7?/t16-,21+/m0/s1. The molecule has 11 heteroatoms. The molecule has 0 aromatic heterocycles. The number of cyclic esters (lactones) is 1. The van der Waals surface area contributed by atoms with Gasteiger partial charge in [-0.05, 0) is 44.4 Å². The second kappa shape index (κ2) is 12.1. The summed E-state index contributed by atoms with van der Waals surface area (Å²) < 4.78 is 33.0. The van der Waals surface area contributed by atoms with Crippen molar-refractivity contribution in [3.8, 4) is 0 Å². The van der Waals surface area contributed by atoms with Crippen LogP contribution in [0.1, 0.15) is 37.8 Å². The molecule has 1 aromatic carbocycles. The number of amides is 5. The molecule has 0 unspecified atom stereocenters. The third kappa shape index (κ3) is 6.55. The number of benzene rings is 1. The van der Waals surface area contributed by atoms with Gasteiger partial charge in [0.2, 0.25) is 5.91 Å². The fourth-order valence-electron chi connectivity index (χ4n) is 4.09. The monoisotopic (exact) mass is 502 g/mol. The van der Waals surface area contributed by atoms with Gasteiger partial charge in [0.1, 0.15) is 18.2 Å². The molecule has 0 saturated carbocycles. The van der Waals surface area contributed by atoms with Crippen LogP contribution >= 0.6 is 0 Å². The van der Waals surface area contributed by atoms with Crippen LogP contribution in [0.15, 0.2) is 54.3 Å². The topological polar surface area (TPSA) is 108 Å². The number of carbonyl (C=O) groups is 4. The third-order valence-corrected chi connectivity index (χ3v) is 5.86. The van der Waals surface area contributed by atoms with Crippen LogP contribution in [0.5, 0.6) is 0 Å². The van der Waals surface area contributed by atoms with Crippen molar-refractivity contribution in [2.24, 2.45) is 0 Å². The lowest BCUT2D eigenvalue weighted by atomic mass is 10.0. The van der Waals surface area contributed by atoms with Gasteiger partial charge in [-0.1, -0.05) is 18.2 Å². The molecule has 2 atom stereocenters. The number of imide groups is 1. The van der Waals surface area contributed by atoms with Crippen LogP contribution in [0, 0.1) is 11.6 Å². The van der Waals surface area contributed by atoms with E-state index in [0.717, 1.165) is 18.2 Å². The first-order valence-electron chi connectivity index (χ1n) is 11.5. The van der Waals surface area contributed by atoms with E-state index in [0.29, 0.717) is 29.9 Å². The van der Waals surface area contributed by atoms with Crippen molar-refractivity contribution < 1.29 is 32.7 Å². The molecule has 1 saturated heterocycles. The van der Waals surface area contributed by atoms with Crippen LogP contribution in [-0.2, 0) is 14.3 Å². The van der Waals surface area contributed by atoms with E-state index in [2.05, 4.69) is 10.6 Å². The highest BCUT2D eigenvalue weighted by Crippen LogP contribution is 2.37. The molecule has 2 aliphatic rings. The SMILES string of the molecule is CNC(=O)NC1=C/C=C/C(=O)N(CC(=O)N2[C@@H](c3ccc(F)cc3F)CC[C@@H]2C)C(=O)OCCC=C1. The van der Waals surface area contributed by atoms with E-state index in [1.54, 1.807) is 19.1 Å². The number of likely N-dealkylation sites (tertiary alicyclic amines) is 1. The Morgan fingerprint density at radius 2 is 1.94 bits per heavy atom. The van der Waals surface area contributed by atoms with Gasteiger partial charge in [-0.2, -0.15) is 0 Å². The van der Waals surface area contributed by atoms with Gasteiger partial charge in [0.15, 0.2) is 0 Å². The zero-order valence-electron chi connectivity index (χ0n) is 20.0. The summed E-state index contributed by atoms with van der Waals surface area (Å²) in [6.07, 6.45) is 7.48. The fourth-order valence-corrected chi connectivity index (χ4v) is 4.09. The molecule has 1 fully saturated rings. The summed E-state index contributed by atoms with van der Waals surface area (Å²) in [5.74, 6) is -2.86. The van der Waals surface area contributed by atoms with Crippen molar-refractivity contribution in [2.45, 2.75) is 38.3 Å². The molecule has 5 amide bonds. The van der Waals surface area contributed by atoms with E-state index in [9.17, 15) is 28.0 Å². The van der Waals surface area contributed by atoms with Crippen LogP contribution in [-0.4, -0.2) is 60.0 Å². The van der Waals surface area contributed by atoms with Crippen molar-refractivity contribution in [2.75, 3.05) is 20.2 Å². The quantitative estimate of drug-likeness (QED) is 0.657. The minimum Gasteiger partial charge on any atom is -0.449 e. The Hall–Kier alpha value is -4.02. The molecule has 0 radical (unpaired) electrons. The number of nitrogens with zero attached hydrogens (tertiary/aromatic N) is 2. The Bertz CT molecular complexity index is 1120.